The minimum absolute atomic E-state index is 0.00920. The molecule has 1 aliphatic rings. The summed E-state index contributed by atoms with van der Waals surface area (Å²) in [7, 11) is -3.14. The van der Waals surface area contributed by atoms with Gasteiger partial charge < -0.3 is 0 Å². The summed E-state index contributed by atoms with van der Waals surface area (Å²) in [4.78, 5) is 24.4. The highest BCUT2D eigenvalue weighted by molar-refractivity contribution is 7.91. The summed E-state index contributed by atoms with van der Waals surface area (Å²) < 4.78 is 22.8. The first-order valence-corrected chi connectivity index (χ1v) is 9.95. The van der Waals surface area contributed by atoms with Gasteiger partial charge in [-0.1, -0.05) is 37.6 Å². The van der Waals surface area contributed by atoms with Crippen LogP contribution in [0.4, 0.5) is 0 Å². The van der Waals surface area contributed by atoms with Crippen LogP contribution in [0.3, 0.4) is 0 Å². The molecule has 1 fully saturated rings. The first kappa shape index (κ1) is 18.7. The smallest absolute Gasteiger partial charge is 0.246 e. The number of benzene rings is 1. The van der Waals surface area contributed by atoms with E-state index in [1.165, 1.54) is 0 Å². The van der Waals surface area contributed by atoms with Crippen LogP contribution < -0.4 is 10.9 Å². The van der Waals surface area contributed by atoms with Gasteiger partial charge in [0.15, 0.2) is 9.84 Å². The van der Waals surface area contributed by atoms with E-state index >= 15 is 0 Å². The molecule has 2 amide bonds. The van der Waals surface area contributed by atoms with E-state index in [0.717, 1.165) is 5.56 Å². The zero-order valence-electron chi connectivity index (χ0n) is 13.6. The van der Waals surface area contributed by atoms with Gasteiger partial charge in [0.1, 0.15) is 0 Å². The number of nitrogens with one attached hydrogen (secondary N) is 2. The Bertz CT molecular complexity index is 716. The van der Waals surface area contributed by atoms with Crippen molar-refractivity contribution in [3.63, 3.8) is 0 Å². The molecule has 8 heteroatoms. The topological polar surface area (TPSA) is 92.3 Å². The van der Waals surface area contributed by atoms with E-state index in [0.29, 0.717) is 5.02 Å². The number of rotatable bonds is 4. The zero-order valence-corrected chi connectivity index (χ0v) is 15.2. The van der Waals surface area contributed by atoms with Gasteiger partial charge >= 0.3 is 0 Å². The van der Waals surface area contributed by atoms with Gasteiger partial charge in [-0.3, -0.25) is 20.4 Å². The maximum atomic E-state index is 12.4. The summed E-state index contributed by atoms with van der Waals surface area (Å²) in [6.07, 6.45) is 0.287. The number of carbonyl (C=O) groups excluding carboxylic acids is 2. The van der Waals surface area contributed by atoms with Crippen molar-refractivity contribution < 1.29 is 18.0 Å². The fourth-order valence-electron chi connectivity index (χ4n) is 2.81. The number of hydrogen-bond acceptors (Lipinski definition) is 4. The van der Waals surface area contributed by atoms with Crippen LogP contribution in [0, 0.1) is 11.8 Å². The van der Waals surface area contributed by atoms with E-state index in [1.807, 2.05) is 13.8 Å². The molecule has 1 aromatic carbocycles. The van der Waals surface area contributed by atoms with Gasteiger partial charge in [0.25, 0.3) is 0 Å². The predicted molar refractivity (Wildman–Crippen MR) is 92.1 cm³/mol. The summed E-state index contributed by atoms with van der Waals surface area (Å²) in [5.74, 6) is -2.02. The molecule has 1 saturated heterocycles. The van der Waals surface area contributed by atoms with Gasteiger partial charge in [-0.25, -0.2) is 8.42 Å². The van der Waals surface area contributed by atoms with Crippen LogP contribution in [-0.2, 0) is 19.4 Å². The van der Waals surface area contributed by atoms with Crippen molar-refractivity contribution >= 4 is 33.3 Å². The van der Waals surface area contributed by atoms with Crippen molar-refractivity contribution in [2.75, 3.05) is 11.5 Å². The highest BCUT2D eigenvalue weighted by Crippen LogP contribution is 2.26. The monoisotopic (exact) mass is 372 g/mol. The number of carbonyl (C=O) groups is 2. The van der Waals surface area contributed by atoms with Crippen LogP contribution in [0.15, 0.2) is 24.3 Å². The third-order valence-electron chi connectivity index (χ3n) is 4.09. The van der Waals surface area contributed by atoms with Crippen molar-refractivity contribution in [2.24, 2.45) is 11.8 Å². The maximum Gasteiger partial charge on any atom is 0.246 e. The Morgan fingerprint density at radius 3 is 2.29 bits per heavy atom. The molecule has 132 valence electrons. The standard InChI is InChI=1S/C16H21ClN2O4S/c1-10(2)14(11-3-5-13(17)6-4-11)16(21)19-18-15(20)12-7-8-24(22,23)9-12/h3-6,10,12,14H,7-9H2,1-2H3,(H,18,20)(H,19,21)/t12-,14-/m0/s1. The average Bonchev–Trinajstić information content (AvgIpc) is 2.87. The van der Waals surface area contributed by atoms with Crippen LogP contribution in [0.5, 0.6) is 0 Å². The lowest BCUT2D eigenvalue weighted by atomic mass is 9.88. The number of hydrogen-bond donors (Lipinski definition) is 2. The third-order valence-corrected chi connectivity index (χ3v) is 6.11. The van der Waals surface area contributed by atoms with Crippen LogP contribution in [-0.4, -0.2) is 31.7 Å². The van der Waals surface area contributed by atoms with Crippen molar-refractivity contribution in [3.05, 3.63) is 34.9 Å². The normalized spacial score (nSPS) is 20.6. The van der Waals surface area contributed by atoms with Gasteiger partial charge in [-0.15, -0.1) is 0 Å². The van der Waals surface area contributed by atoms with Crippen molar-refractivity contribution in [1.29, 1.82) is 0 Å². The Labute approximate surface area is 146 Å². The molecule has 0 spiro atoms. The summed E-state index contributed by atoms with van der Waals surface area (Å²) >= 11 is 5.87. The van der Waals surface area contributed by atoms with E-state index in [4.69, 9.17) is 11.6 Å². The Balaban J connectivity index is 1.98. The average molecular weight is 373 g/mol. The Hall–Kier alpha value is -1.60. The molecule has 0 aromatic heterocycles. The quantitative estimate of drug-likeness (QED) is 0.786. The van der Waals surface area contributed by atoms with E-state index < -0.39 is 27.6 Å². The van der Waals surface area contributed by atoms with Gasteiger partial charge in [0, 0.05) is 5.02 Å². The largest absolute Gasteiger partial charge is 0.273 e. The molecule has 2 N–H and O–H groups in total. The van der Waals surface area contributed by atoms with Crippen LogP contribution in [0.2, 0.25) is 5.02 Å². The van der Waals surface area contributed by atoms with Gasteiger partial charge in [-0.2, -0.15) is 0 Å². The first-order chi connectivity index (χ1) is 11.2. The maximum absolute atomic E-state index is 12.4. The molecule has 0 radical (unpaired) electrons. The lowest BCUT2D eigenvalue weighted by Crippen LogP contribution is -2.47. The molecule has 6 nitrogen and oxygen atoms in total. The molecule has 24 heavy (non-hydrogen) atoms. The van der Waals surface area contributed by atoms with Crippen LogP contribution >= 0.6 is 11.6 Å². The summed E-state index contributed by atoms with van der Waals surface area (Å²) in [5, 5.41) is 0.581. The van der Waals surface area contributed by atoms with Crippen molar-refractivity contribution in [2.45, 2.75) is 26.2 Å². The van der Waals surface area contributed by atoms with E-state index in [2.05, 4.69) is 10.9 Å². The molecule has 1 aromatic rings. The molecule has 0 saturated carbocycles. The molecule has 0 bridgehead atoms. The van der Waals surface area contributed by atoms with Crippen molar-refractivity contribution in [3.8, 4) is 0 Å². The summed E-state index contributed by atoms with van der Waals surface area (Å²) in [6, 6.07) is 6.97. The Morgan fingerprint density at radius 1 is 1.17 bits per heavy atom. The second-order valence-corrected chi connectivity index (χ2v) is 9.02. The minimum atomic E-state index is -3.14. The number of sulfone groups is 1. The molecule has 2 atom stereocenters. The summed E-state index contributed by atoms with van der Waals surface area (Å²) in [6.45, 7) is 3.81. The zero-order chi connectivity index (χ0) is 17.9. The van der Waals surface area contributed by atoms with Gasteiger partial charge in [-0.05, 0) is 30.0 Å². The number of halogens is 1. The van der Waals surface area contributed by atoms with Crippen molar-refractivity contribution in [1.82, 2.24) is 10.9 Å². The fourth-order valence-corrected chi connectivity index (χ4v) is 4.68. The van der Waals surface area contributed by atoms with Crippen LogP contribution in [0.25, 0.3) is 0 Å². The second-order valence-electron chi connectivity index (χ2n) is 6.35. The number of amides is 2. The number of hydrazine groups is 1. The Morgan fingerprint density at radius 2 is 1.79 bits per heavy atom. The molecule has 1 heterocycles. The molecule has 0 unspecified atom stereocenters. The van der Waals surface area contributed by atoms with Gasteiger partial charge in [0.2, 0.25) is 11.8 Å². The second kappa shape index (κ2) is 7.53. The highest BCUT2D eigenvalue weighted by atomic mass is 35.5. The third kappa shape index (κ3) is 4.70. The molecule has 2 rings (SSSR count). The van der Waals surface area contributed by atoms with Crippen LogP contribution in [0.1, 0.15) is 31.7 Å². The molecular formula is C16H21ClN2O4S. The van der Waals surface area contributed by atoms with E-state index in [-0.39, 0.29) is 29.8 Å². The molecule has 0 aliphatic carbocycles. The fraction of sp³-hybridized carbons (Fsp3) is 0.500. The highest BCUT2D eigenvalue weighted by Gasteiger charge is 2.33. The van der Waals surface area contributed by atoms with E-state index in [1.54, 1.807) is 24.3 Å². The predicted octanol–water partition coefficient (Wildman–Crippen LogP) is 1.66. The Kier molecular flexibility index (Phi) is 5.87. The van der Waals surface area contributed by atoms with Gasteiger partial charge in [0.05, 0.1) is 23.3 Å². The molecule has 1 aliphatic heterocycles. The summed E-state index contributed by atoms with van der Waals surface area (Å²) in [5.41, 5.74) is 5.56. The van der Waals surface area contributed by atoms with E-state index in [9.17, 15) is 18.0 Å². The minimum Gasteiger partial charge on any atom is -0.273 e. The lowest BCUT2D eigenvalue weighted by molar-refractivity contribution is -0.131. The lowest BCUT2D eigenvalue weighted by Gasteiger charge is -2.21. The SMILES string of the molecule is CC(C)[C@H](C(=O)NNC(=O)[C@H]1CCS(=O)(=O)C1)c1ccc(Cl)cc1. The first-order valence-electron chi connectivity index (χ1n) is 7.75. The molecular weight excluding hydrogens is 352 g/mol.